The number of anilines is 2. The lowest BCUT2D eigenvalue weighted by atomic mass is 9.81. The fourth-order valence-corrected chi connectivity index (χ4v) is 8.03. The Labute approximate surface area is 320 Å². The van der Waals surface area contributed by atoms with Crippen LogP contribution in [0, 0.1) is 0 Å². The second-order valence-electron chi connectivity index (χ2n) is 19.2. The van der Waals surface area contributed by atoms with Gasteiger partial charge in [-0.05, 0) is 106 Å². The van der Waals surface area contributed by atoms with E-state index in [2.05, 4.69) is 179 Å². The van der Waals surface area contributed by atoms with E-state index < -0.39 is 0 Å². The van der Waals surface area contributed by atoms with Crippen molar-refractivity contribution in [3.8, 4) is 0 Å². The smallest absolute Gasteiger partial charge is 0.256 e. The summed E-state index contributed by atoms with van der Waals surface area (Å²) < 4.78 is 0. The Morgan fingerprint density at radius 2 is 0.796 bits per heavy atom. The van der Waals surface area contributed by atoms with Crippen molar-refractivity contribution in [1.29, 1.82) is 0 Å². The summed E-state index contributed by atoms with van der Waals surface area (Å²) in [6.45, 7) is 26.1. The van der Waals surface area contributed by atoms with Crippen LogP contribution in [-0.2, 0) is 21.7 Å². The summed E-state index contributed by atoms with van der Waals surface area (Å²) in [6.07, 6.45) is 0. The van der Waals surface area contributed by atoms with Crippen LogP contribution >= 0.6 is 0 Å². The van der Waals surface area contributed by atoms with Crippen LogP contribution < -0.4 is 10.6 Å². The number of carbonyl (C=O) groups excluding carboxylic acids is 2. The van der Waals surface area contributed by atoms with Gasteiger partial charge < -0.3 is 10.6 Å². The first-order valence-corrected chi connectivity index (χ1v) is 19.2. The van der Waals surface area contributed by atoms with Gasteiger partial charge in [0, 0.05) is 27.9 Å². The van der Waals surface area contributed by atoms with Crippen LogP contribution in [0.25, 0.3) is 43.1 Å². The molecule has 0 aliphatic carbocycles. The molecule has 0 fully saturated rings. The summed E-state index contributed by atoms with van der Waals surface area (Å²) in [7, 11) is 0. The summed E-state index contributed by atoms with van der Waals surface area (Å²) >= 11 is 0. The van der Waals surface area contributed by atoms with Crippen LogP contribution in [-0.4, -0.2) is 11.8 Å². The Morgan fingerprint density at radius 3 is 1.17 bits per heavy atom. The van der Waals surface area contributed by atoms with Crippen molar-refractivity contribution in [2.45, 2.75) is 105 Å². The maximum Gasteiger partial charge on any atom is 0.256 e. The third kappa shape index (κ3) is 6.50. The Kier molecular flexibility index (Phi) is 8.72. The number of benzene rings is 7. The number of hydrogen-bond donors (Lipinski definition) is 2. The van der Waals surface area contributed by atoms with Gasteiger partial charge in [-0.2, -0.15) is 0 Å². The normalized spacial score (nSPS) is 13.0. The van der Waals surface area contributed by atoms with E-state index in [4.69, 9.17) is 0 Å². The van der Waals surface area contributed by atoms with Crippen molar-refractivity contribution < 1.29 is 9.59 Å². The maximum atomic E-state index is 14.9. The zero-order valence-electron chi connectivity index (χ0n) is 34.1. The molecule has 0 aliphatic heterocycles. The molecule has 0 bridgehead atoms. The van der Waals surface area contributed by atoms with Gasteiger partial charge in [-0.1, -0.05) is 156 Å². The lowest BCUT2D eigenvalue weighted by Gasteiger charge is -2.27. The van der Waals surface area contributed by atoms with E-state index in [9.17, 15) is 9.59 Å². The van der Waals surface area contributed by atoms with Crippen LogP contribution in [0.1, 0.15) is 126 Å². The molecule has 0 spiro atoms. The highest BCUT2D eigenvalue weighted by molar-refractivity contribution is 6.37. The molecule has 7 aromatic carbocycles. The zero-order valence-corrected chi connectivity index (χ0v) is 34.1. The van der Waals surface area contributed by atoms with Gasteiger partial charge in [0.15, 0.2) is 0 Å². The van der Waals surface area contributed by atoms with Gasteiger partial charge in [-0.25, -0.2) is 0 Å². The first-order valence-electron chi connectivity index (χ1n) is 19.2. The topological polar surface area (TPSA) is 58.2 Å². The van der Waals surface area contributed by atoms with Gasteiger partial charge in [0.1, 0.15) is 0 Å². The van der Waals surface area contributed by atoms with Crippen LogP contribution in [0.3, 0.4) is 0 Å². The molecule has 0 radical (unpaired) electrons. The molecule has 0 saturated heterocycles. The van der Waals surface area contributed by atoms with E-state index in [-0.39, 0.29) is 33.5 Å². The average molecular weight is 715 g/mol. The molecule has 7 rings (SSSR count). The molecule has 54 heavy (non-hydrogen) atoms. The Bertz CT molecular complexity index is 2440. The molecule has 4 heteroatoms. The molecule has 0 unspecified atom stereocenters. The summed E-state index contributed by atoms with van der Waals surface area (Å²) in [6, 6.07) is 33.5. The second kappa shape index (κ2) is 12.7. The third-order valence-electron chi connectivity index (χ3n) is 11.0. The van der Waals surface area contributed by atoms with Crippen molar-refractivity contribution in [3.63, 3.8) is 0 Å². The van der Waals surface area contributed by atoms with Gasteiger partial charge in [-0.3, -0.25) is 9.59 Å². The first kappa shape index (κ1) is 37.1. The van der Waals surface area contributed by atoms with Crippen molar-refractivity contribution in [1.82, 2.24) is 0 Å². The highest BCUT2D eigenvalue weighted by Gasteiger charge is 2.28. The molecular weight excluding hydrogens is 661 g/mol. The molecule has 0 atom stereocenters. The highest BCUT2D eigenvalue weighted by Crippen LogP contribution is 2.43. The van der Waals surface area contributed by atoms with Gasteiger partial charge in [0.2, 0.25) is 0 Å². The number of amides is 2. The van der Waals surface area contributed by atoms with Crippen LogP contribution in [0.4, 0.5) is 11.4 Å². The third-order valence-corrected chi connectivity index (χ3v) is 11.0. The lowest BCUT2D eigenvalue weighted by molar-refractivity contribution is 0.102. The van der Waals surface area contributed by atoms with E-state index >= 15 is 0 Å². The standard InChI is InChI=1S/C50H54N2O2/c1-47(2,3)30-19-25-38(49(7,8)9)40(27-30)51-45(53)36-23-21-34-32-17-13-15-29-16-14-18-33(42(29)32)35-22-24-37(44(36)43(34)35)46(54)52-41-28-31(48(4,5)6)20-26-39(41)50(10,11)12/h13-28H,1-12H3,(H,51,53)(H,52,54). The zero-order chi connectivity index (χ0) is 39.1. The van der Waals surface area contributed by atoms with Crippen LogP contribution in [0.2, 0.25) is 0 Å². The van der Waals surface area contributed by atoms with E-state index in [1.807, 2.05) is 12.1 Å². The first-order chi connectivity index (χ1) is 25.1. The van der Waals surface area contributed by atoms with Crippen LogP contribution in [0.5, 0.6) is 0 Å². The Hall–Kier alpha value is -5.22. The summed E-state index contributed by atoms with van der Waals surface area (Å²) in [4.78, 5) is 29.7. The van der Waals surface area contributed by atoms with Gasteiger partial charge in [0.25, 0.3) is 11.8 Å². The van der Waals surface area contributed by atoms with Crippen molar-refractivity contribution in [2.24, 2.45) is 0 Å². The van der Waals surface area contributed by atoms with Crippen molar-refractivity contribution in [3.05, 3.63) is 130 Å². The minimum atomic E-state index is -0.244. The fraction of sp³-hybridized carbons (Fsp3) is 0.320. The molecule has 2 amide bonds. The minimum Gasteiger partial charge on any atom is -0.322 e. The predicted octanol–water partition coefficient (Wildman–Crippen LogP) is 13.4. The molecule has 0 aliphatic rings. The van der Waals surface area contributed by atoms with Gasteiger partial charge in [-0.15, -0.1) is 0 Å². The van der Waals surface area contributed by atoms with E-state index in [0.29, 0.717) is 16.5 Å². The molecule has 2 N–H and O–H groups in total. The second-order valence-corrected chi connectivity index (χ2v) is 19.2. The van der Waals surface area contributed by atoms with E-state index in [1.165, 1.54) is 5.39 Å². The average Bonchev–Trinajstić information content (AvgIpc) is 3.08. The molecular formula is C50H54N2O2. The SMILES string of the molecule is CC(C)(C)c1ccc(C(C)(C)C)c(NC(=O)c2ccc3c4cccc5cccc(c6ccc(C(=O)Nc7cc(C(C)(C)C)ccc7C(C)(C)C)c2c36)c54)c1. The summed E-state index contributed by atoms with van der Waals surface area (Å²) in [5.41, 5.74) is 6.26. The lowest BCUT2D eigenvalue weighted by Crippen LogP contribution is -2.22. The minimum absolute atomic E-state index is 0.105. The number of fused-ring (bicyclic) bond motifs is 2. The highest BCUT2D eigenvalue weighted by atomic mass is 16.2. The molecule has 4 nitrogen and oxygen atoms in total. The van der Waals surface area contributed by atoms with E-state index in [1.54, 1.807) is 0 Å². The molecule has 276 valence electrons. The Balaban J connectivity index is 1.48. The van der Waals surface area contributed by atoms with Crippen molar-refractivity contribution in [2.75, 3.05) is 10.6 Å². The van der Waals surface area contributed by atoms with Gasteiger partial charge >= 0.3 is 0 Å². The summed E-state index contributed by atoms with van der Waals surface area (Å²) in [5.74, 6) is -0.488. The molecule has 0 heterocycles. The molecule has 7 aromatic rings. The summed E-state index contributed by atoms with van der Waals surface area (Å²) in [5, 5.41) is 14.9. The maximum absolute atomic E-state index is 14.9. The molecule has 0 aromatic heterocycles. The largest absolute Gasteiger partial charge is 0.322 e. The van der Waals surface area contributed by atoms with Crippen molar-refractivity contribution >= 4 is 66.3 Å². The predicted molar refractivity (Wildman–Crippen MR) is 231 cm³/mol. The quantitative estimate of drug-likeness (QED) is 0.141. The number of hydrogen-bond acceptors (Lipinski definition) is 2. The number of rotatable bonds is 4. The number of carbonyl (C=O) groups is 2. The monoisotopic (exact) mass is 714 g/mol. The number of nitrogens with one attached hydrogen (secondary N) is 2. The Morgan fingerprint density at radius 1 is 0.407 bits per heavy atom. The van der Waals surface area contributed by atoms with Gasteiger partial charge in [0.05, 0.1) is 0 Å². The molecule has 0 saturated carbocycles. The van der Waals surface area contributed by atoms with Crippen LogP contribution in [0.15, 0.2) is 97.1 Å². The fourth-order valence-electron chi connectivity index (χ4n) is 8.03. The van der Waals surface area contributed by atoms with E-state index in [0.717, 1.165) is 65.9 Å².